The van der Waals surface area contributed by atoms with Gasteiger partial charge in [-0.25, -0.2) is 0 Å². The van der Waals surface area contributed by atoms with Gasteiger partial charge in [0.15, 0.2) is 5.78 Å². The number of aromatic amines is 1. The highest BCUT2D eigenvalue weighted by molar-refractivity contribution is 6.02. The zero-order chi connectivity index (χ0) is 16.5. The molecule has 0 aliphatic heterocycles. The van der Waals surface area contributed by atoms with Gasteiger partial charge in [-0.1, -0.05) is 13.3 Å². The number of aryl methyl sites for hydroxylation is 1. The summed E-state index contributed by atoms with van der Waals surface area (Å²) in [6.45, 7) is 5.37. The molecule has 3 N–H and O–H groups in total. The first-order chi connectivity index (χ1) is 10.3. The van der Waals surface area contributed by atoms with E-state index in [0.717, 1.165) is 12.0 Å². The number of rotatable bonds is 7. The lowest BCUT2D eigenvalue weighted by atomic mass is 10.0. The maximum atomic E-state index is 12.4. The van der Waals surface area contributed by atoms with Crippen LogP contribution in [0.1, 0.15) is 65.2 Å². The number of ketones is 1. The van der Waals surface area contributed by atoms with Crippen molar-refractivity contribution >= 4 is 17.7 Å². The Bertz CT molecular complexity index is 626. The van der Waals surface area contributed by atoms with Gasteiger partial charge >= 0.3 is 5.97 Å². The number of carboxylic acids is 1. The molecule has 0 bridgehead atoms. The standard InChI is InChI=1S/C16H22N2O4/c1-4-5-11-12(10(3)19)9(2)18-13(11)14(20)17-8-16(6-7-16)15(21)22/h18H,4-8H2,1-3H3,(H,17,20)(H,21,22). The van der Waals surface area contributed by atoms with Crippen molar-refractivity contribution in [2.75, 3.05) is 6.54 Å². The van der Waals surface area contributed by atoms with Crippen LogP contribution in [0.3, 0.4) is 0 Å². The number of carboxylic acid groups (broad SMARTS) is 1. The van der Waals surface area contributed by atoms with Crippen LogP contribution < -0.4 is 5.32 Å². The average molecular weight is 306 g/mol. The lowest BCUT2D eigenvalue weighted by molar-refractivity contribution is -0.143. The molecule has 1 aliphatic carbocycles. The number of H-pyrrole nitrogens is 1. The number of carbonyl (C=O) groups excluding carboxylic acids is 2. The summed E-state index contributed by atoms with van der Waals surface area (Å²) in [7, 11) is 0. The molecule has 0 spiro atoms. The van der Waals surface area contributed by atoms with E-state index in [4.69, 9.17) is 5.11 Å². The molecule has 1 fully saturated rings. The van der Waals surface area contributed by atoms with Crippen LogP contribution in [0.5, 0.6) is 0 Å². The van der Waals surface area contributed by atoms with Gasteiger partial charge in [0.2, 0.25) is 0 Å². The number of aromatic nitrogens is 1. The molecule has 6 heteroatoms. The van der Waals surface area contributed by atoms with Crippen molar-refractivity contribution in [2.45, 2.75) is 46.5 Å². The van der Waals surface area contributed by atoms with Crippen LogP contribution in [0.2, 0.25) is 0 Å². The Morgan fingerprint density at radius 1 is 1.32 bits per heavy atom. The molecule has 0 radical (unpaired) electrons. The molecule has 1 amide bonds. The average Bonchev–Trinajstić information content (AvgIpc) is 3.16. The molecule has 120 valence electrons. The van der Waals surface area contributed by atoms with Gasteiger partial charge in [-0.15, -0.1) is 0 Å². The third-order valence-electron chi connectivity index (χ3n) is 4.26. The van der Waals surface area contributed by atoms with Crippen LogP contribution in [-0.2, 0) is 11.2 Å². The second kappa shape index (κ2) is 5.94. The van der Waals surface area contributed by atoms with Gasteiger partial charge in [0.05, 0.1) is 5.41 Å². The fourth-order valence-electron chi connectivity index (χ4n) is 2.80. The smallest absolute Gasteiger partial charge is 0.311 e. The molecule has 1 aromatic rings. The van der Waals surface area contributed by atoms with E-state index in [9.17, 15) is 14.4 Å². The summed E-state index contributed by atoms with van der Waals surface area (Å²) in [5.41, 5.74) is 1.56. The molecular formula is C16H22N2O4. The minimum absolute atomic E-state index is 0.0690. The topological polar surface area (TPSA) is 99.3 Å². The largest absolute Gasteiger partial charge is 0.481 e. The minimum atomic E-state index is -0.867. The number of aliphatic carboxylic acids is 1. The molecule has 0 saturated heterocycles. The molecule has 1 aromatic heterocycles. The zero-order valence-corrected chi connectivity index (χ0v) is 13.2. The summed E-state index contributed by atoms with van der Waals surface area (Å²) in [5, 5.41) is 11.8. The van der Waals surface area contributed by atoms with Gasteiger partial charge in [-0.2, -0.15) is 0 Å². The number of hydrogen-bond donors (Lipinski definition) is 3. The Balaban J connectivity index is 2.20. The minimum Gasteiger partial charge on any atom is -0.481 e. The highest BCUT2D eigenvalue weighted by Gasteiger charge is 2.50. The van der Waals surface area contributed by atoms with Crippen LogP contribution in [0.15, 0.2) is 0 Å². The Morgan fingerprint density at radius 2 is 1.95 bits per heavy atom. The van der Waals surface area contributed by atoms with Gasteiger partial charge in [0.25, 0.3) is 5.91 Å². The highest BCUT2D eigenvalue weighted by Crippen LogP contribution is 2.45. The monoisotopic (exact) mass is 306 g/mol. The number of amides is 1. The summed E-state index contributed by atoms with van der Waals surface area (Å²) < 4.78 is 0. The van der Waals surface area contributed by atoms with Gasteiger partial charge in [-0.05, 0) is 38.7 Å². The summed E-state index contributed by atoms with van der Waals surface area (Å²) in [5.74, 6) is -1.28. The van der Waals surface area contributed by atoms with E-state index in [0.29, 0.717) is 36.2 Å². The molecule has 1 saturated carbocycles. The van der Waals surface area contributed by atoms with Crippen LogP contribution in [0.4, 0.5) is 0 Å². The van der Waals surface area contributed by atoms with Crippen molar-refractivity contribution in [2.24, 2.45) is 5.41 Å². The van der Waals surface area contributed by atoms with Crippen LogP contribution in [-0.4, -0.2) is 34.3 Å². The van der Waals surface area contributed by atoms with Crippen molar-refractivity contribution < 1.29 is 19.5 Å². The van der Waals surface area contributed by atoms with Crippen LogP contribution in [0.25, 0.3) is 0 Å². The van der Waals surface area contributed by atoms with E-state index < -0.39 is 11.4 Å². The lowest BCUT2D eigenvalue weighted by Crippen LogP contribution is -2.34. The van der Waals surface area contributed by atoms with Crippen molar-refractivity contribution in [3.05, 3.63) is 22.5 Å². The maximum Gasteiger partial charge on any atom is 0.311 e. The Kier molecular flexibility index (Phi) is 4.39. The van der Waals surface area contributed by atoms with Gasteiger partial charge in [0, 0.05) is 17.8 Å². The first-order valence-electron chi connectivity index (χ1n) is 7.56. The number of carbonyl (C=O) groups is 3. The van der Waals surface area contributed by atoms with Crippen molar-refractivity contribution in [3.63, 3.8) is 0 Å². The Labute approximate surface area is 129 Å². The Morgan fingerprint density at radius 3 is 2.41 bits per heavy atom. The maximum absolute atomic E-state index is 12.4. The highest BCUT2D eigenvalue weighted by atomic mass is 16.4. The van der Waals surface area contributed by atoms with E-state index in [2.05, 4.69) is 10.3 Å². The van der Waals surface area contributed by atoms with Crippen molar-refractivity contribution in [1.82, 2.24) is 10.3 Å². The van der Waals surface area contributed by atoms with Gasteiger partial charge in [-0.3, -0.25) is 14.4 Å². The fourth-order valence-corrected chi connectivity index (χ4v) is 2.80. The molecule has 22 heavy (non-hydrogen) atoms. The van der Waals surface area contributed by atoms with E-state index in [-0.39, 0.29) is 18.2 Å². The molecule has 1 aliphatic rings. The van der Waals surface area contributed by atoms with E-state index >= 15 is 0 Å². The molecule has 2 rings (SSSR count). The van der Waals surface area contributed by atoms with E-state index in [1.54, 1.807) is 6.92 Å². The first kappa shape index (κ1) is 16.3. The summed E-state index contributed by atoms with van der Waals surface area (Å²) >= 11 is 0. The van der Waals surface area contributed by atoms with Gasteiger partial charge in [0.1, 0.15) is 5.69 Å². The Hall–Kier alpha value is -2.11. The molecular weight excluding hydrogens is 284 g/mol. The molecule has 0 unspecified atom stereocenters. The first-order valence-corrected chi connectivity index (χ1v) is 7.56. The number of nitrogens with one attached hydrogen (secondary N) is 2. The predicted molar refractivity (Wildman–Crippen MR) is 81.2 cm³/mol. The quantitative estimate of drug-likeness (QED) is 0.671. The number of hydrogen-bond acceptors (Lipinski definition) is 3. The third kappa shape index (κ3) is 2.91. The van der Waals surface area contributed by atoms with Gasteiger partial charge < -0.3 is 15.4 Å². The van der Waals surface area contributed by atoms with Crippen LogP contribution >= 0.6 is 0 Å². The van der Waals surface area contributed by atoms with Crippen molar-refractivity contribution in [1.29, 1.82) is 0 Å². The second-order valence-electron chi connectivity index (χ2n) is 6.05. The van der Waals surface area contributed by atoms with Crippen LogP contribution in [0, 0.1) is 12.3 Å². The predicted octanol–water partition coefficient (Wildman–Crippen LogP) is 2.07. The van der Waals surface area contributed by atoms with E-state index in [1.165, 1.54) is 6.92 Å². The summed E-state index contributed by atoms with van der Waals surface area (Å²) in [6.07, 6.45) is 2.63. The SMILES string of the molecule is CCCc1c(C(=O)NCC2(C(=O)O)CC2)[nH]c(C)c1C(C)=O. The third-order valence-corrected chi connectivity index (χ3v) is 4.26. The molecule has 0 atom stereocenters. The fraction of sp³-hybridized carbons (Fsp3) is 0.562. The normalized spacial score (nSPS) is 15.4. The second-order valence-corrected chi connectivity index (χ2v) is 6.05. The molecule has 1 heterocycles. The summed E-state index contributed by atoms with van der Waals surface area (Å²) in [4.78, 5) is 38.3. The lowest BCUT2D eigenvalue weighted by Gasteiger charge is -2.11. The zero-order valence-electron chi connectivity index (χ0n) is 13.2. The molecule has 0 aromatic carbocycles. The molecule has 6 nitrogen and oxygen atoms in total. The summed E-state index contributed by atoms with van der Waals surface area (Å²) in [6, 6.07) is 0. The number of Topliss-reactive ketones (excluding diaryl/α,β-unsaturated/α-hetero) is 1. The van der Waals surface area contributed by atoms with E-state index in [1.807, 2.05) is 6.92 Å². The van der Waals surface area contributed by atoms with Crippen molar-refractivity contribution in [3.8, 4) is 0 Å².